The molecule has 1 saturated heterocycles. The third-order valence-electron chi connectivity index (χ3n) is 3.97. The number of carbonyl (C=O) groups excluding carboxylic acids is 1. The SMILES string of the molecule is CCC(NC1CCN(CC(=O)NC)CC1)c1cccs1. The molecule has 4 nitrogen and oxygen atoms in total. The predicted molar refractivity (Wildman–Crippen MR) is 84.0 cm³/mol. The predicted octanol–water partition coefficient (Wildman–Crippen LogP) is 2.00. The highest BCUT2D eigenvalue weighted by Crippen LogP contribution is 2.24. The highest BCUT2D eigenvalue weighted by Gasteiger charge is 2.22. The standard InChI is InChI=1S/C15H25N3OS/c1-3-13(14-5-4-10-20-14)17-12-6-8-18(9-7-12)11-15(19)16-2/h4-5,10,12-13,17H,3,6-9,11H2,1-2H3,(H,16,19). The maximum absolute atomic E-state index is 11.4. The van der Waals surface area contributed by atoms with Crippen LogP contribution >= 0.6 is 11.3 Å². The lowest BCUT2D eigenvalue weighted by molar-refractivity contribution is -0.122. The number of amides is 1. The molecule has 0 spiro atoms. The highest BCUT2D eigenvalue weighted by molar-refractivity contribution is 7.10. The van der Waals surface area contributed by atoms with Gasteiger partial charge in [0.05, 0.1) is 6.54 Å². The van der Waals surface area contributed by atoms with Crippen LogP contribution in [0.15, 0.2) is 17.5 Å². The summed E-state index contributed by atoms with van der Waals surface area (Å²) in [6, 6.07) is 5.39. The van der Waals surface area contributed by atoms with Crippen molar-refractivity contribution in [2.45, 2.75) is 38.3 Å². The maximum atomic E-state index is 11.4. The average Bonchev–Trinajstić information content (AvgIpc) is 3.00. The third kappa shape index (κ3) is 4.30. The molecule has 0 radical (unpaired) electrons. The molecule has 1 unspecified atom stereocenters. The minimum atomic E-state index is 0.112. The number of nitrogens with one attached hydrogen (secondary N) is 2. The molecule has 0 saturated carbocycles. The monoisotopic (exact) mass is 295 g/mol. The van der Waals surface area contributed by atoms with Crippen LogP contribution in [0, 0.1) is 0 Å². The quantitative estimate of drug-likeness (QED) is 0.844. The Labute approximate surface area is 125 Å². The smallest absolute Gasteiger partial charge is 0.233 e. The van der Waals surface area contributed by atoms with Crippen LogP contribution in [0.3, 0.4) is 0 Å². The summed E-state index contributed by atoms with van der Waals surface area (Å²) in [6.07, 6.45) is 3.37. The maximum Gasteiger partial charge on any atom is 0.233 e. The lowest BCUT2D eigenvalue weighted by Crippen LogP contribution is -2.46. The minimum Gasteiger partial charge on any atom is -0.358 e. The molecule has 1 fully saturated rings. The number of likely N-dealkylation sites (tertiary alicyclic amines) is 1. The molecule has 2 heterocycles. The van der Waals surface area contributed by atoms with Crippen LogP contribution in [-0.4, -0.2) is 43.5 Å². The first kappa shape index (κ1) is 15.5. The van der Waals surface area contributed by atoms with Crippen LogP contribution in [0.25, 0.3) is 0 Å². The Morgan fingerprint density at radius 3 is 2.80 bits per heavy atom. The van der Waals surface area contributed by atoms with Crippen molar-refractivity contribution in [3.63, 3.8) is 0 Å². The number of thiophene rings is 1. The summed E-state index contributed by atoms with van der Waals surface area (Å²) in [4.78, 5) is 15.0. The van der Waals surface area contributed by atoms with Gasteiger partial charge in [-0.25, -0.2) is 0 Å². The second-order valence-corrected chi connectivity index (χ2v) is 6.35. The Morgan fingerprint density at radius 2 is 2.25 bits per heavy atom. The second-order valence-electron chi connectivity index (χ2n) is 5.37. The molecule has 2 N–H and O–H groups in total. The van der Waals surface area contributed by atoms with Gasteiger partial charge in [0.25, 0.3) is 0 Å². The Hall–Kier alpha value is -0.910. The lowest BCUT2D eigenvalue weighted by Gasteiger charge is -2.33. The normalized spacial score (nSPS) is 18.9. The van der Waals surface area contributed by atoms with E-state index in [2.05, 4.69) is 40.0 Å². The Kier molecular flexibility index (Phi) is 6.01. The summed E-state index contributed by atoms with van der Waals surface area (Å²) in [6.45, 7) is 4.78. The molecule has 112 valence electrons. The Balaban J connectivity index is 1.77. The zero-order valence-electron chi connectivity index (χ0n) is 12.4. The van der Waals surface area contributed by atoms with E-state index in [9.17, 15) is 4.79 Å². The summed E-state index contributed by atoms with van der Waals surface area (Å²) in [5.41, 5.74) is 0. The van der Waals surface area contributed by atoms with E-state index < -0.39 is 0 Å². The van der Waals surface area contributed by atoms with Crippen LogP contribution in [0.5, 0.6) is 0 Å². The topological polar surface area (TPSA) is 44.4 Å². The molecule has 1 amide bonds. The first-order valence-corrected chi connectivity index (χ1v) is 8.33. The van der Waals surface area contributed by atoms with Crippen molar-refractivity contribution in [2.24, 2.45) is 0 Å². The molecule has 20 heavy (non-hydrogen) atoms. The number of hydrogen-bond donors (Lipinski definition) is 2. The molecule has 1 atom stereocenters. The number of nitrogens with zero attached hydrogens (tertiary/aromatic N) is 1. The number of hydrogen-bond acceptors (Lipinski definition) is 4. The highest BCUT2D eigenvalue weighted by atomic mass is 32.1. The number of likely N-dealkylation sites (N-methyl/N-ethyl adjacent to an activating group) is 1. The second kappa shape index (κ2) is 7.76. The number of carbonyl (C=O) groups is 1. The third-order valence-corrected chi connectivity index (χ3v) is 4.95. The summed E-state index contributed by atoms with van der Waals surface area (Å²) in [7, 11) is 1.70. The largest absolute Gasteiger partial charge is 0.358 e. The van der Waals surface area contributed by atoms with E-state index in [1.807, 2.05) is 11.3 Å². The molecule has 1 aromatic rings. The summed E-state index contributed by atoms with van der Waals surface area (Å²) >= 11 is 1.83. The molecule has 1 aliphatic heterocycles. The fraction of sp³-hybridized carbons (Fsp3) is 0.667. The molecule has 0 aliphatic carbocycles. The van der Waals surface area contributed by atoms with Crippen molar-refractivity contribution in [3.05, 3.63) is 22.4 Å². The fourth-order valence-corrected chi connectivity index (χ4v) is 3.59. The molecular weight excluding hydrogens is 270 g/mol. The van der Waals surface area contributed by atoms with E-state index in [-0.39, 0.29) is 5.91 Å². The van der Waals surface area contributed by atoms with Crippen LogP contribution in [0.1, 0.15) is 37.1 Å². The molecular formula is C15H25N3OS. The van der Waals surface area contributed by atoms with Gasteiger partial charge in [-0.2, -0.15) is 0 Å². The van der Waals surface area contributed by atoms with Gasteiger partial charge >= 0.3 is 0 Å². The molecule has 0 bridgehead atoms. The van der Waals surface area contributed by atoms with Crippen molar-refractivity contribution in [1.29, 1.82) is 0 Å². The molecule has 1 aromatic heterocycles. The molecule has 1 aliphatic rings. The first-order valence-electron chi connectivity index (χ1n) is 7.45. The summed E-state index contributed by atoms with van der Waals surface area (Å²) in [5, 5.41) is 8.61. The molecule has 0 aromatic carbocycles. The summed E-state index contributed by atoms with van der Waals surface area (Å²) in [5.74, 6) is 0.112. The first-order chi connectivity index (χ1) is 9.72. The van der Waals surface area contributed by atoms with E-state index in [0.29, 0.717) is 18.6 Å². The van der Waals surface area contributed by atoms with Gasteiger partial charge in [-0.3, -0.25) is 9.69 Å². The minimum absolute atomic E-state index is 0.112. The Bertz CT molecular complexity index is 399. The zero-order valence-corrected chi connectivity index (χ0v) is 13.2. The van der Waals surface area contributed by atoms with E-state index in [1.54, 1.807) is 7.05 Å². The van der Waals surface area contributed by atoms with E-state index in [1.165, 1.54) is 4.88 Å². The van der Waals surface area contributed by atoms with Crippen molar-refractivity contribution in [2.75, 3.05) is 26.7 Å². The van der Waals surface area contributed by atoms with Crippen LogP contribution < -0.4 is 10.6 Å². The summed E-state index contributed by atoms with van der Waals surface area (Å²) < 4.78 is 0. The molecule has 5 heteroatoms. The van der Waals surface area contributed by atoms with Gasteiger partial charge in [0.2, 0.25) is 5.91 Å². The van der Waals surface area contributed by atoms with Gasteiger partial charge in [-0.15, -0.1) is 11.3 Å². The van der Waals surface area contributed by atoms with Gasteiger partial charge in [0, 0.05) is 37.1 Å². The van der Waals surface area contributed by atoms with E-state index in [4.69, 9.17) is 0 Å². The van der Waals surface area contributed by atoms with Gasteiger partial charge in [-0.1, -0.05) is 13.0 Å². The van der Waals surface area contributed by atoms with Gasteiger partial charge < -0.3 is 10.6 Å². The Morgan fingerprint density at radius 1 is 1.50 bits per heavy atom. The van der Waals surface area contributed by atoms with E-state index >= 15 is 0 Å². The van der Waals surface area contributed by atoms with Crippen LogP contribution in [0.2, 0.25) is 0 Å². The zero-order chi connectivity index (χ0) is 14.4. The van der Waals surface area contributed by atoms with Crippen LogP contribution in [-0.2, 0) is 4.79 Å². The van der Waals surface area contributed by atoms with Gasteiger partial charge in [0.1, 0.15) is 0 Å². The van der Waals surface area contributed by atoms with E-state index in [0.717, 1.165) is 32.4 Å². The van der Waals surface area contributed by atoms with Gasteiger partial charge in [-0.05, 0) is 30.7 Å². The molecule has 2 rings (SSSR count). The lowest BCUT2D eigenvalue weighted by atomic mass is 10.0. The number of piperidine rings is 1. The van der Waals surface area contributed by atoms with Crippen LogP contribution in [0.4, 0.5) is 0 Å². The van der Waals surface area contributed by atoms with Crippen molar-refractivity contribution in [1.82, 2.24) is 15.5 Å². The van der Waals surface area contributed by atoms with Crippen molar-refractivity contribution in [3.8, 4) is 0 Å². The fourth-order valence-electron chi connectivity index (χ4n) is 2.72. The van der Waals surface area contributed by atoms with Crippen molar-refractivity contribution >= 4 is 17.2 Å². The van der Waals surface area contributed by atoms with Crippen molar-refractivity contribution < 1.29 is 4.79 Å². The average molecular weight is 295 g/mol. The number of rotatable bonds is 6. The van der Waals surface area contributed by atoms with Gasteiger partial charge in [0.15, 0.2) is 0 Å².